The van der Waals surface area contributed by atoms with Gasteiger partial charge in [0.2, 0.25) is 0 Å². The Labute approximate surface area is 167 Å². The zero-order chi connectivity index (χ0) is 18.4. The number of hydrogen-bond donors (Lipinski definition) is 1. The molecule has 2 aromatic carbocycles. The third kappa shape index (κ3) is 6.05. The molecule has 0 saturated carbocycles. The SMILES string of the molecule is Cc1ccc(C(CNC(=O)c2ccc(F)cc2)N2CCCCCC2)cc1.Cl. The summed E-state index contributed by atoms with van der Waals surface area (Å²) in [6.45, 7) is 4.76. The van der Waals surface area contributed by atoms with Crippen LogP contribution in [-0.2, 0) is 0 Å². The number of halogens is 2. The number of rotatable bonds is 5. The highest BCUT2D eigenvalue weighted by Gasteiger charge is 2.22. The maximum Gasteiger partial charge on any atom is 0.251 e. The van der Waals surface area contributed by atoms with Crippen LogP contribution >= 0.6 is 12.4 Å². The molecule has 0 spiro atoms. The molecule has 0 aliphatic carbocycles. The molecule has 1 atom stereocenters. The van der Waals surface area contributed by atoms with E-state index in [1.807, 2.05) is 0 Å². The topological polar surface area (TPSA) is 32.3 Å². The number of likely N-dealkylation sites (tertiary alicyclic amines) is 1. The van der Waals surface area contributed by atoms with Gasteiger partial charge in [0.1, 0.15) is 5.82 Å². The molecule has 1 amide bonds. The van der Waals surface area contributed by atoms with E-state index < -0.39 is 0 Å². The second kappa shape index (κ2) is 10.4. The standard InChI is InChI=1S/C22H27FN2O.ClH/c1-17-6-8-18(9-7-17)21(25-14-4-2-3-5-15-25)16-24-22(26)19-10-12-20(23)13-11-19;/h6-13,21H,2-5,14-16H2,1H3,(H,24,26);1H. The predicted octanol–water partition coefficient (Wildman–Crippen LogP) is 4.90. The fourth-order valence-electron chi connectivity index (χ4n) is 3.55. The molecule has 5 heteroatoms. The minimum atomic E-state index is -0.330. The van der Waals surface area contributed by atoms with Crippen molar-refractivity contribution in [1.29, 1.82) is 0 Å². The first kappa shape index (κ1) is 21.4. The number of hydrogen-bond acceptors (Lipinski definition) is 2. The van der Waals surface area contributed by atoms with Gasteiger partial charge in [-0.25, -0.2) is 4.39 Å². The number of benzene rings is 2. The van der Waals surface area contributed by atoms with Crippen LogP contribution in [0.25, 0.3) is 0 Å². The van der Waals surface area contributed by atoms with Gasteiger partial charge in [-0.15, -0.1) is 12.4 Å². The van der Waals surface area contributed by atoms with Crippen molar-refractivity contribution in [2.24, 2.45) is 0 Å². The molecule has 0 bridgehead atoms. The van der Waals surface area contributed by atoms with Crippen molar-refractivity contribution >= 4 is 18.3 Å². The van der Waals surface area contributed by atoms with E-state index in [9.17, 15) is 9.18 Å². The summed E-state index contributed by atoms with van der Waals surface area (Å²) >= 11 is 0. The van der Waals surface area contributed by atoms with E-state index in [2.05, 4.69) is 41.4 Å². The van der Waals surface area contributed by atoms with Crippen molar-refractivity contribution in [1.82, 2.24) is 10.2 Å². The molecular weight excluding hydrogens is 363 g/mol. The summed E-state index contributed by atoms with van der Waals surface area (Å²) in [6, 6.07) is 14.4. The maximum absolute atomic E-state index is 13.1. The Bertz CT molecular complexity index is 710. The summed E-state index contributed by atoms with van der Waals surface area (Å²) in [5.41, 5.74) is 2.96. The van der Waals surface area contributed by atoms with E-state index >= 15 is 0 Å². The van der Waals surface area contributed by atoms with E-state index in [-0.39, 0.29) is 30.2 Å². The van der Waals surface area contributed by atoms with E-state index in [1.54, 1.807) is 0 Å². The van der Waals surface area contributed by atoms with Crippen LogP contribution in [0.5, 0.6) is 0 Å². The molecule has 1 N–H and O–H groups in total. The first-order chi connectivity index (χ1) is 12.6. The highest BCUT2D eigenvalue weighted by molar-refractivity contribution is 5.94. The summed E-state index contributed by atoms with van der Waals surface area (Å²) in [4.78, 5) is 14.9. The number of nitrogens with zero attached hydrogens (tertiary/aromatic N) is 1. The molecule has 1 fully saturated rings. The first-order valence-corrected chi connectivity index (χ1v) is 9.48. The van der Waals surface area contributed by atoms with Gasteiger partial charge in [-0.3, -0.25) is 9.69 Å². The third-order valence-electron chi connectivity index (χ3n) is 5.11. The molecule has 3 rings (SSSR count). The predicted molar refractivity (Wildman–Crippen MR) is 110 cm³/mol. The lowest BCUT2D eigenvalue weighted by Crippen LogP contribution is -2.38. The Morgan fingerprint density at radius 1 is 1.00 bits per heavy atom. The van der Waals surface area contributed by atoms with Crippen molar-refractivity contribution in [3.63, 3.8) is 0 Å². The highest BCUT2D eigenvalue weighted by atomic mass is 35.5. The summed E-state index contributed by atoms with van der Waals surface area (Å²) in [5, 5.41) is 3.05. The fourth-order valence-corrected chi connectivity index (χ4v) is 3.55. The minimum absolute atomic E-state index is 0. The van der Waals surface area contributed by atoms with Gasteiger partial charge in [-0.05, 0) is 62.7 Å². The van der Waals surface area contributed by atoms with Gasteiger partial charge in [0.15, 0.2) is 0 Å². The Balaban J connectivity index is 0.00000261. The largest absolute Gasteiger partial charge is 0.350 e. The van der Waals surface area contributed by atoms with Crippen LogP contribution in [-0.4, -0.2) is 30.4 Å². The zero-order valence-corrected chi connectivity index (χ0v) is 16.6. The fraction of sp³-hybridized carbons (Fsp3) is 0.409. The molecule has 1 heterocycles. The average molecular weight is 391 g/mol. The Morgan fingerprint density at radius 2 is 1.59 bits per heavy atom. The highest BCUT2D eigenvalue weighted by Crippen LogP contribution is 2.24. The Morgan fingerprint density at radius 3 is 2.19 bits per heavy atom. The molecule has 0 aromatic heterocycles. The second-order valence-corrected chi connectivity index (χ2v) is 7.09. The van der Waals surface area contributed by atoms with Crippen LogP contribution in [0.3, 0.4) is 0 Å². The van der Waals surface area contributed by atoms with Gasteiger partial charge in [0.05, 0.1) is 6.04 Å². The molecule has 146 valence electrons. The molecule has 1 saturated heterocycles. The molecule has 0 radical (unpaired) electrons. The number of aryl methyl sites for hydroxylation is 1. The van der Waals surface area contributed by atoms with Crippen LogP contribution in [0, 0.1) is 12.7 Å². The van der Waals surface area contributed by atoms with Crippen LogP contribution in [0.1, 0.15) is 53.2 Å². The zero-order valence-electron chi connectivity index (χ0n) is 15.8. The molecular formula is C22H28ClFN2O. The van der Waals surface area contributed by atoms with E-state index in [1.165, 1.54) is 61.1 Å². The van der Waals surface area contributed by atoms with Crippen molar-refractivity contribution < 1.29 is 9.18 Å². The summed E-state index contributed by atoms with van der Waals surface area (Å²) < 4.78 is 13.1. The number of carbonyl (C=O) groups is 1. The molecule has 27 heavy (non-hydrogen) atoms. The van der Waals surface area contributed by atoms with Gasteiger partial charge < -0.3 is 5.32 Å². The van der Waals surface area contributed by atoms with Gasteiger partial charge in [-0.2, -0.15) is 0 Å². The third-order valence-corrected chi connectivity index (χ3v) is 5.11. The molecule has 1 unspecified atom stereocenters. The van der Waals surface area contributed by atoms with Crippen molar-refractivity contribution in [3.8, 4) is 0 Å². The van der Waals surface area contributed by atoms with E-state index in [0.717, 1.165) is 13.1 Å². The van der Waals surface area contributed by atoms with Crippen molar-refractivity contribution in [2.45, 2.75) is 38.6 Å². The van der Waals surface area contributed by atoms with Crippen LogP contribution in [0.15, 0.2) is 48.5 Å². The van der Waals surface area contributed by atoms with Gasteiger partial charge >= 0.3 is 0 Å². The molecule has 2 aromatic rings. The maximum atomic E-state index is 13.1. The summed E-state index contributed by atoms with van der Waals surface area (Å²) in [6.07, 6.45) is 4.96. The lowest BCUT2D eigenvalue weighted by atomic mass is 10.0. The van der Waals surface area contributed by atoms with Gasteiger partial charge in [0.25, 0.3) is 5.91 Å². The minimum Gasteiger partial charge on any atom is -0.350 e. The number of amides is 1. The quantitative estimate of drug-likeness (QED) is 0.787. The van der Waals surface area contributed by atoms with Crippen molar-refractivity contribution in [3.05, 3.63) is 71.0 Å². The van der Waals surface area contributed by atoms with Gasteiger partial charge in [0, 0.05) is 12.1 Å². The average Bonchev–Trinajstić information content (AvgIpc) is 2.93. The molecule has 1 aliphatic rings. The second-order valence-electron chi connectivity index (χ2n) is 7.09. The summed E-state index contributed by atoms with van der Waals surface area (Å²) in [7, 11) is 0. The van der Waals surface area contributed by atoms with Crippen LogP contribution < -0.4 is 5.32 Å². The molecule has 1 aliphatic heterocycles. The lowest BCUT2D eigenvalue weighted by molar-refractivity contribution is 0.0933. The lowest BCUT2D eigenvalue weighted by Gasteiger charge is -2.31. The number of carbonyl (C=O) groups excluding carboxylic acids is 1. The normalized spacial score (nSPS) is 16.1. The number of nitrogens with one attached hydrogen (secondary N) is 1. The van der Waals surface area contributed by atoms with E-state index in [4.69, 9.17) is 0 Å². The summed E-state index contributed by atoms with van der Waals surface area (Å²) in [5.74, 6) is -0.486. The smallest absolute Gasteiger partial charge is 0.251 e. The Kier molecular flexibility index (Phi) is 8.26. The van der Waals surface area contributed by atoms with Crippen molar-refractivity contribution in [2.75, 3.05) is 19.6 Å². The first-order valence-electron chi connectivity index (χ1n) is 9.48. The van der Waals surface area contributed by atoms with Crippen LogP contribution in [0.2, 0.25) is 0 Å². The monoisotopic (exact) mass is 390 g/mol. The van der Waals surface area contributed by atoms with Crippen LogP contribution in [0.4, 0.5) is 4.39 Å². The molecule has 3 nitrogen and oxygen atoms in total. The van der Waals surface area contributed by atoms with E-state index in [0.29, 0.717) is 12.1 Å². The van der Waals surface area contributed by atoms with Gasteiger partial charge in [-0.1, -0.05) is 42.7 Å². The Hall–Kier alpha value is -1.91.